The van der Waals surface area contributed by atoms with Gasteiger partial charge in [0.1, 0.15) is 6.61 Å². The van der Waals surface area contributed by atoms with Crippen molar-refractivity contribution in [1.29, 1.82) is 0 Å². The van der Waals surface area contributed by atoms with Crippen LogP contribution in [0, 0.1) is 11.6 Å². The van der Waals surface area contributed by atoms with Gasteiger partial charge in [0.15, 0.2) is 11.6 Å². The molecule has 0 unspecified atom stereocenters. The predicted octanol–water partition coefficient (Wildman–Crippen LogP) is 3.58. The molecule has 0 atom stereocenters. The molecular formula is C18H19F2NO2. The van der Waals surface area contributed by atoms with Crippen LogP contribution in [0.3, 0.4) is 0 Å². The molecule has 2 rings (SSSR count). The fourth-order valence-electron chi connectivity index (χ4n) is 2.23. The van der Waals surface area contributed by atoms with Crippen LogP contribution >= 0.6 is 0 Å². The van der Waals surface area contributed by atoms with Gasteiger partial charge in [-0.3, -0.25) is 4.79 Å². The van der Waals surface area contributed by atoms with Gasteiger partial charge in [-0.15, -0.1) is 0 Å². The highest BCUT2D eigenvalue weighted by atomic mass is 19.2. The van der Waals surface area contributed by atoms with Crippen molar-refractivity contribution in [3.8, 4) is 0 Å². The summed E-state index contributed by atoms with van der Waals surface area (Å²) in [5.41, 5.74) is 1.45. The molecule has 1 amide bonds. The summed E-state index contributed by atoms with van der Waals surface area (Å²) in [4.78, 5) is 13.5. The lowest BCUT2D eigenvalue weighted by molar-refractivity contribution is -0.123. The largest absolute Gasteiger partial charge is 0.371 e. The van der Waals surface area contributed by atoms with Crippen molar-refractivity contribution in [1.82, 2.24) is 0 Å². The first-order chi connectivity index (χ1) is 11.1. The van der Waals surface area contributed by atoms with E-state index in [4.69, 9.17) is 4.74 Å². The molecule has 2 aromatic carbocycles. The van der Waals surface area contributed by atoms with Crippen molar-refractivity contribution in [3.05, 3.63) is 65.7 Å². The predicted molar refractivity (Wildman–Crippen MR) is 85.4 cm³/mol. The number of anilines is 1. The molecule has 0 fully saturated rings. The van der Waals surface area contributed by atoms with Gasteiger partial charge in [0.2, 0.25) is 0 Å². The monoisotopic (exact) mass is 319 g/mol. The van der Waals surface area contributed by atoms with E-state index in [0.717, 1.165) is 17.7 Å². The molecule has 2 aromatic rings. The van der Waals surface area contributed by atoms with E-state index in [1.165, 1.54) is 11.0 Å². The summed E-state index contributed by atoms with van der Waals surface area (Å²) in [5, 5.41) is 0. The number of nitrogens with zero attached hydrogens (tertiary/aromatic N) is 1. The number of likely N-dealkylation sites (N-methyl/N-ethyl adjacent to an activating group) is 1. The molecule has 0 aliphatic rings. The highest BCUT2D eigenvalue weighted by Gasteiger charge is 2.15. The molecule has 5 heteroatoms. The van der Waals surface area contributed by atoms with Crippen LogP contribution in [0.2, 0.25) is 0 Å². The third kappa shape index (κ3) is 4.86. The Hall–Kier alpha value is -2.27. The number of carbonyl (C=O) groups is 1. The number of hydrogen-bond acceptors (Lipinski definition) is 2. The lowest BCUT2D eigenvalue weighted by Crippen LogP contribution is -2.34. The Kier molecular flexibility index (Phi) is 6.23. The van der Waals surface area contributed by atoms with Gasteiger partial charge in [-0.2, -0.15) is 0 Å². The summed E-state index contributed by atoms with van der Waals surface area (Å²) in [5.74, 6) is -2.19. The van der Waals surface area contributed by atoms with Crippen LogP contribution in [0.25, 0.3) is 0 Å². The van der Waals surface area contributed by atoms with Gasteiger partial charge >= 0.3 is 0 Å². The Morgan fingerprint density at radius 1 is 1.09 bits per heavy atom. The molecule has 23 heavy (non-hydrogen) atoms. The molecule has 0 aliphatic heterocycles. The van der Waals surface area contributed by atoms with Gasteiger partial charge in [0, 0.05) is 18.3 Å². The molecule has 0 bridgehead atoms. The zero-order chi connectivity index (χ0) is 16.7. The topological polar surface area (TPSA) is 29.5 Å². The lowest BCUT2D eigenvalue weighted by atomic mass is 10.2. The fraction of sp³-hybridized carbons (Fsp3) is 0.278. The second kappa shape index (κ2) is 8.39. The zero-order valence-corrected chi connectivity index (χ0v) is 13.0. The summed E-state index contributed by atoms with van der Waals surface area (Å²) in [7, 11) is 0. The van der Waals surface area contributed by atoms with Crippen LogP contribution in [0.1, 0.15) is 12.5 Å². The summed E-state index contributed by atoms with van der Waals surface area (Å²) in [6.07, 6.45) is 0.714. The van der Waals surface area contributed by atoms with Crippen LogP contribution < -0.4 is 4.90 Å². The Bertz CT molecular complexity index is 647. The van der Waals surface area contributed by atoms with Crippen molar-refractivity contribution in [2.45, 2.75) is 13.3 Å². The highest BCUT2D eigenvalue weighted by Crippen LogP contribution is 2.18. The number of hydrogen-bond donors (Lipinski definition) is 0. The van der Waals surface area contributed by atoms with E-state index in [1.807, 2.05) is 30.3 Å². The first-order valence-electron chi connectivity index (χ1n) is 7.49. The van der Waals surface area contributed by atoms with Crippen molar-refractivity contribution in [3.63, 3.8) is 0 Å². The number of rotatable bonds is 7. The molecule has 0 N–H and O–H groups in total. The minimum absolute atomic E-state index is 0.0976. The normalized spacial score (nSPS) is 10.6. The molecule has 0 radical (unpaired) electrons. The van der Waals surface area contributed by atoms with Gasteiger partial charge in [0.05, 0.1) is 6.61 Å². The van der Waals surface area contributed by atoms with Crippen LogP contribution in [0.5, 0.6) is 0 Å². The van der Waals surface area contributed by atoms with E-state index in [2.05, 4.69) is 0 Å². The van der Waals surface area contributed by atoms with Crippen molar-refractivity contribution >= 4 is 11.6 Å². The summed E-state index contributed by atoms with van der Waals surface area (Å²) in [6.45, 7) is 2.44. The van der Waals surface area contributed by atoms with E-state index < -0.39 is 11.6 Å². The lowest BCUT2D eigenvalue weighted by Gasteiger charge is -2.21. The first kappa shape index (κ1) is 17.1. The molecule has 0 aromatic heterocycles. The van der Waals surface area contributed by atoms with Crippen molar-refractivity contribution in [2.75, 3.05) is 24.7 Å². The highest BCUT2D eigenvalue weighted by molar-refractivity contribution is 5.94. The second-order valence-corrected chi connectivity index (χ2v) is 5.02. The molecule has 0 spiro atoms. The number of carbonyl (C=O) groups excluding carboxylic acids is 1. The third-order valence-corrected chi connectivity index (χ3v) is 3.44. The van der Waals surface area contributed by atoms with E-state index in [0.29, 0.717) is 25.3 Å². The van der Waals surface area contributed by atoms with Crippen LogP contribution in [-0.4, -0.2) is 25.7 Å². The van der Waals surface area contributed by atoms with Crippen LogP contribution in [0.4, 0.5) is 14.5 Å². The molecule has 0 saturated carbocycles. The van der Waals surface area contributed by atoms with Gasteiger partial charge in [-0.25, -0.2) is 8.78 Å². The molecule has 0 aliphatic carbocycles. The maximum absolute atomic E-state index is 13.3. The average Bonchev–Trinajstić information content (AvgIpc) is 2.56. The smallest absolute Gasteiger partial charge is 0.252 e. The van der Waals surface area contributed by atoms with E-state index >= 15 is 0 Å². The minimum atomic E-state index is -0.973. The fourth-order valence-corrected chi connectivity index (χ4v) is 2.23. The summed E-state index contributed by atoms with van der Waals surface area (Å²) >= 11 is 0. The van der Waals surface area contributed by atoms with Crippen LogP contribution in [-0.2, 0) is 16.0 Å². The molecular weight excluding hydrogens is 300 g/mol. The van der Waals surface area contributed by atoms with Crippen molar-refractivity contribution < 1.29 is 18.3 Å². The standard InChI is InChI=1S/C18H19F2NO2/c1-2-21(15-8-9-16(19)17(20)12-15)18(22)13-23-11-10-14-6-4-3-5-7-14/h3-9,12H,2,10-11,13H2,1H3. The Morgan fingerprint density at radius 2 is 1.83 bits per heavy atom. The number of amides is 1. The maximum atomic E-state index is 13.3. The molecule has 3 nitrogen and oxygen atoms in total. The quantitative estimate of drug-likeness (QED) is 0.730. The van der Waals surface area contributed by atoms with Crippen LogP contribution in [0.15, 0.2) is 48.5 Å². The SMILES string of the molecule is CCN(C(=O)COCCc1ccccc1)c1ccc(F)c(F)c1. The van der Waals surface area contributed by atoms with E-state index in [1.54, 1.807) is 6.92 Å². The molecule has 122 valence electrons. The van der Waals surface area contributed by atoms with E-state index in [9.17, 15) is 13.6 Å². The average molecular weight is 319 g/mol. The first-order valence-corrected chi connectivity index (χ1v) is 7.49. The Morgan fingerprint density at radius 3 is 2.48 bits per heavy atom. The Labute approximate surface area is 134 Å². The Balaban J connectivity index is 1.86. The zero-order valence-electron chi connectivity index (χ0n) is 13.0. The van der Waals surface area contributed by atoms with Gasteiger partial charge in [0.25, 0.3) is 5.91 Å². The number of halogens is 2. The summed E-state index contributed by atoms with van der Waals surface area (Å²) in [6, 6.07) is 13.2. The summed E-state index contributed by atoms with van der Waals surface area (Å²) < 4.78 is 31.7. The molecule has 0 heterocycles. The van der Waals surface area contributed by atoms with Crippen molar-refractivity contribution in [2.24, 2.45) is 0 Å². The maximum Gasteiger partial charge on any atom is 0.252 e. The number of ether oxygens (including phenoxy) is 1. The van der Waals surface area contributed by atoms with Gasteiger partial charge in [-0.05, 0) is 31.0 Å². The van der Waals surface area contributed by atoms with Gasteiger partial charge < -0.3 is 9.64 Å². The van der Waals surface area contributed by atoms with Gasteiger partial charge in [-0.1, -0.05) is 30.3 Å². The van der Waals surface area contributed by atoms with E-state index in [-0.39, 0.29) is 12.5 Å². The third-order valence-electron chi connectivity index (χ3n) is 3.44. The molecule has 0 saturated heterocycles. The second-order valence-electron chi connectivity index (χ2n) is 5.02. The minimum Gasteiger partial charge on any atom is -0.371 e. The number of benzene rings is 2.